The number of carbonyl (C=O) groups excluding carboxylic acids is 2. The van der Waals surface area contributed by atoms with Gasteiger partial charge in [-0.1, -0.05) is 24.3 Å². The summed E-state index contributed by atoms with van der Waals surface area (Å²) < 4.78 is 19.0. The van der Waals surface area contributed by atoms with Crippen molar-refractivity contribution in [3.05, 3.63) is 65.5 Å². The van der Waals surface area contributed by atoms with E-state index in [0.717, 1.165) is 24.2 Å². The highest BCUT2D eigenvalue weighted by Crippen LogP contribution is 2.20. The van der Waals surface area contributed by atoms with Gasteiger partial charge in [-0.3, -0.25) is 9.59 Å². The van der Waals surface area contributed by atoms with Crippen LogP contribution in [0.1, 0.15) is 28.8 Å². The molecule has 1 fully saturated rings. The van der Waals surface area contributed by atoms with E-state index in [1.807, 2.05) is 24.3 Å². The zero-order valence-corrected chi connectivity index (χ0v) is 15.3. The number of benzene rings is 2. The molecular weight excluding hydrogens is 347 g/mol. The minimum absolute atomic E-state index is 0.0526. The predicted molar refractivity (Wildman–Crippen MR) is 99.9 cm³/mol. The van der Waals surface area contributed by atoms with E-state index in [-0.39, 0.29) is 23.3 Å². The first kappa shape index (κ1) is 18.9. The van der Waals surface area contributed by atoms with Gasteiger partial charge in [0.05, 0.1) is 18.6 Å². The highest BCUT2D eigenvalue weighted by molar-refractivity contribution is 5.95. The van der Waals surface area contributed by atoms with Crippen molar-refractivity contribution in [2.24, 2.45) is 5.92 Å². The Kier molecular flexibility index (Phi) is 6.06. The summed E-state index contributed by atoms with van der Waals surface area (Å²) in [7, 11) is 1.61. The highest BCUT2D eigenvalue weighted by atomic mass is 19.1. The number of likely N-dealkylation sites (tertiary alicyclic amines) is 1. The molecule has 6 heteroatoms. The Morgan fingerprint density at radius 1 is 1.19 bits per heavy atom. The van der Waals surface area contributed by atoms with Gasteiger partial charge in [0, 0.05) is 19.6 Å². The number of hydrogen-bond acceptors (Lipinski definition) is 3. The molecular formula is C21H23FN2O3. The third kappa shape index (κ3) is 4.64. The number of piperidine rings is 1. The van der Waals surface area contributed by atoms with Crippen LogP contribution in [0.25, 0.3) is 0 Å². The molecule has 1 saturated heterocycles. The molecule has 1 heterocycles. The number of nitrogens with one attached hydrogen (secondary N) is 1. The standard InChI is InChI=1S/C21H23FN2O3/c1-27-17-10-8-15(9-11-17)13-23-20(25)16-5-4-12-24(14-16)21(26)18-6-2-3-7-19(18)22/h2-3,6-11,16H,4-5,12-14H2,1H3,(H,23,25)/t16-/m1/s1. The van der Waals surface area contributed by atoms with Crippen molar-refractivity contribution in [3.63, 3.8) is 0 Å². The fourth-order valence-electron chi connectivity index (χ4n) is 3.26. The van der Waals surface area contributed by atoms with Crippen LogP contribution in [0.5, 0.6) is 5.75 Å². The third-order valence-corrected chi connectivity index (χ3v) is 4.81. The third-order valence-electron chi connectivity index (χ3n) is 4.81. The topological polar surface area (TPSA) is 58.6 Å². The first-order chi connectivity index (χ1) is 13.1. The van der Waals surface area contributed by atoms with Crippen molar-refractivity contribution < 1.29 is 18.7 Å². The van der Waals surface area contributed by atoms with Gasteiger partial charge in [-0.05, 0) is 42.7 Å². The summed E-state index contributed by atoms with van der Waals surface area (Å²) in [5, 5.41) is 2.92. The molecule has 142 valence electrons. The van der Waals surface area contributed by atoms with E-state index < -0.39 is 5.82 Å². The van der Waals surface area contributed by atoms with Crippen molar-refractivity contribution in [2.75, 3.05) is 20.2 Å². The maximum Gasteiger partial charge on any atom is 0.256 e. The van der Waals surface area contributed by atoms with Gasteiger partial charge in [-0.2, -0.15) is 0 Å². The first-order valence-corrected chi connectivity index (χ1v) is 9.03. The highest BCUT2D eigenvalue weighted by Gasteiger charge is 2.29. The van der Waals surface area contributed by atoms with Gasteiger partial charge in [0.2, 0.25) is 5.91 Å². The van der Waals surface area contributed by atoms with Crippen LogP contribution in [0.4, 0.5) is 4.39 Å². The fourth-order valence-corrected chi connectivity index (χ4v) is 3.26. The molecule has 0 saturated carbocycles. The Bertz CT molecular complexity index is 807. The Morgan fingerprint density at radius 2 is 1.93 bits per heavy atom. The zero-order valence-electron chi connectivity index (χ0n) is 15.3. The Balaban J connectivity index is 1.57. The molecule has 5 nitrogen and oxygen atoms in total. The molecule has 0 unspecified atom stereocenters. The molecule has 27 heavy (non-hydrogen) atoms. The minimum atomic E-state index is -0.534. The van der Waals surface area contributed by atoms with Gasteiger partial charge in [-0.25, -0.2) is 4.39 Å². The summed E-state index contributed by atoms with van der Waals surface area (Å²) in [6.07, 6.45) is 1.44. The number of rotatable bonds is 5. The summed E-state index contributed by atoms with van der Waals surface area (Å²) in [6.45, 7) is 1.26. The van der Waals surface area contributed by atoms with E-state index in [1.165, 1.54) is 12.1 Å². The molecule has 0 aliphatic carbocycles. The normalized spacial score (nSPS) is 16.7. The number of methoxy groups -OCH3 is 1. The number of ether oxygens (including phenoxy) is 1. The van der Waals surface area contributed by atoms with Gasteiger partial charge in [0.25, 0.3) is 5.91 Å². The zero-order chi connectivity index (χ0) is 19.2. The molecule has 0 bridgehead atoms. The molecule has 1 N–H and O–H groups in total. The SMILES string of the molecule is COc1ccc(CNC(=O)[C@@H]2CCCN(C(=O)c3ccccc3F)C2)cc1. The van der Waals surface area contributed by atoms with Crippen LogP contribution < -0.4 is 10.1 Å². The van der Waals surface area contributed by atoms with Gasteiger partial charge < -0.3 is 15.0 Å². The van der Waals surface area contributed by atoms with Crippen LogP contribution in [0.2, 0.25) is 0 Å². The first-order valence-electron chi connectivity index (χ1n) is 9.03. The molecule has 0 spiro atoms. The number of halogens is 1. The van der Waals surface area contributed by atoms with E-state index in [0.29, 0.717) is 19.6 Å². The second-order valence-corrected chi connectivity index (χ2v) is 6.64. The van der Waals surface area contributed by atoms with E-state index in [9.17, 15) is 14.0 Å². The van der Waals surface area contributed by atoms with Gasteiger partial charge in [0.1, 0.15) is 11.6 Å². The molecule has 3 rings (SSSR count). The lowest BCUT2D eigenvalue weighted by Crippen LogP contribution is -2.45. The van der Waals surface area contributed by atoms with Crippen molar-refractivity contribution in [2.45, 2.75) is 19.4 Å². The monoisotopic (exact) mass is 370 g/mol. The number of carbonyl (C=O) groups is 2. The molecule has 2 aromatic carbocycles. The number of hydrogen-bond donors (Lipinski definition) is 1. The lowest BCUT2D eigenvalue weighted by molar-refractivity contribution is -0.126. The summed E-state index contributed by atoms with van der Waals surface area (Å²) >= 11 is 0. The van der Waals surface area contributed by atoms with E-state index in [2.05, 4.69) is 5.32 Å². The predicted octanol–water partition coefficient (Wildman–Crippen LogP) is 3.00. The molecule has 1 aliphatic rings. The number of nitrogens with zero attached hydrogens (tertiary/aromatic N) is 1. The summed E-state index contributed by atoms with van der Waals surface area (Å²) in [4.78, 5) is 26.7. The maximum atomic E-state index is 13.9. The quantitative estimate of drug-likeness (QED) is 0.880. The van der Waals surface area contributed by atoms with Gasteiger partial charge >= 0.3 is 0 Å². The smallest absolute Gasteiger partial charge is 0.256 e. The lowest BCUT2D eigenvalue weighted by atomic mass is 9.96. The van der Waals surface area contributed by atoms with Crippen molar-refractivity contribution in [1.29, 1.82) is 0 Å². The van der Waals surface area contributed by atoms with E-state index in [4.69, 9.17) is 4.74 Å². The van der Waals surface area contributed by atoms with Crippen LogP contribution in [-0.2, 0) is 11.3 Å². The average molecular weight is 370 g/mol. The van der Waals surface area contributed by atoms with Gasteiger partial charge in [-0.15, -0.1) is 0 Å². The Labute approximate surface area is 158 Å². The summed E-state index contributed by atoms with van der Waals surface area (Å²) in [5.74, 6) is -0.501. The molecule has 0 aromatic heterocycles. The molecule has 1 aliphatic heterocycles. The van der Waals surface area contributed by atoms with Crippen molar-refractivity contribution >= 4 is 11.8 Å². The Morgan fingerprint density at radius 3 is 2.63 bits per heavy atom. The largest absolute Gasteiger partial charge is 0.497 e. The van der Waals surface area contributed by atoms with E-state index in [1.54, 1.807) is 24.1 Å². The minimum Gasteiger partial charge on any atom is -0.497 e. The summed E-state index contributed by atoms with van der Waals surface area (Å²) in [5.41, 5.74) is 1.02. The Hall–Kier alpha value is -2.89. The lowest BCUT2D eigenvalue weighted by Gasteiger charge is -2.32. The molecule has 1 atom stereocenters. The van der Waals surface area contributed by atoms with Crippen LogP contribution in [0.3, 0.4) is 0 Å². The second kappa shape index (κ2) is 8.66. The second-order valence-electron chi connectivity index (χ2n) is 6.64. The van der Waals surface area contributed by atoms with Crippen LogP contribution >= 0.6 is 0 Å². The molecule has 0 radical (unpaired) electrons. The van der Waals surface area contributed by atoms with Crippen LogP contribution in [-0.4, -0.2) is 36.9 Å². The van der Waals surface area contributed by atoms with E-state index >= 15 is 0 Å². The number of amides is 2. The average Bonchev–Trinajstić information content (AvgIpc) is 2.72. The van der Waals surface area contributed by atoms with Crippen LogP contribution in [0.15, 0.2) is 48.5 Å². The maximum absolute atomic E-state index is 13.9. The van der Waals surface area contributed by atoms with Crippen molar-refractivity contribution in [3.8, 4) is 5.75 Å². The summed E-state index contributed by atoms with van der Waals surface area (Å²) in [6, 6.07) is 13.4. The van der Waals surface area contributed by atoms with Crippen molar-refractivity contribution in [1.82, 2.24) is 10.2 Å². The van der Waals surface area contributed by atoms with Gasteiger partial charge in [0.15, 0.2) is 0 Å². The fraction of sp³-hybridized carbons (Fsp3) is 0.333. The van der Waals surface area contributed by atoms with Crippen LogP contribution in [0, 0.1) is 11.7 Å². The molecule has 2 aromatic rings. The molecule has 2 amide bonds.